The molecule has 0 N–H and O–H groups in total. The average molecular weight is 216 g/mol. The van der Waals surface area contributed by atoms with E-state index in [9.17, 15) is 0 Å². The van der Waals surface area contributed by atoms with E-state index < -0.39 is 0 Å². The lowest BCUT2D eigenvalue weighted by molar-refractivity contribution is -0.0000980. The van der Waals surface area contributed by atoms with Crippen LogP contribution in [0.1, 0.15) is 46.0 Å². The van der Waals surface area contributed by atoms with Gasteiger partial charge in [0.2, 0.25) is 0 Å². The smallest absolute Gasteiger partial charge is 0.0577 e. The highest BCUT2D eigenvalue weighted by molar-refractivity contribution is 7.80. The molecule has 0 heterocycles. The number of ether oxygens (including phenoxy) is 1. The molecule has 0 radical (unpaired) electrons. The zero-order valence-electron chi connectivity index (χ0n) is 9.54. The van der Waals surface area contributed by atoms with Crippen molar-refractivity contribution in [1.29, 1.82) is 0 Å². The molecule has 2 heteroatoms. The second-order valence-corrected chi connectivity index (χ2v) is 5.05. The van der Waals surface area contributed by atoms with Crippen molar-refractivity contribution in [3.8, 4) is 0 Å². The van der Waals surface area contributed by atoms with Crippen LogP contribution < -0.4 is 0 Å². The molecule has 1 rings (SSSR count). The van der Waals surface area contributed by atoms with Crippen molar-refractivity contribution in [2.75, 3.05) is 12.4 Å². The third-order valence-corrected chi connectivity index (χ3v) is 3.81. The highest BCUT2D eigenvalue weighted by Gasteiger charge is 2.19. The minimum Gasteiger partial charge on any atom is -0.378 e. The Kier molecular flexibility index (Phi) is 5.95. The Hall–Kier alpha value is 0.310. The minimum absolute atomic E-state index is 0.535. The van der Waals surface area contributed by atoms with Gasteiger partial charge in [0.1, 0.15) is 0 Å². The summed E-state index contributed by atoms with van der Waals surface area (Å²) in [5.41, 5.74) is 0. The quantitative estimate of drug-likeness (QED) is 0.692. The van der Waals surface area contributed by atoms with Gasteiger partial charge in [-0.25, -0.2) is 0 Å². The lowest BCUT2D eigenvalue weighted by Crippen LogP contribution is -2.24. The molecular weight excluding hydrogens is 192 g/mol. The van der Waals surface area contributed by atoms with E-state index in [2.05, 4.69) is 26.5 Å². The summed E-state index contributed by atoms with van der Waals surface area (Å²) >= 11 is 4.33. The van der Waals surface area contributed by atoms with Gasteiger partial charge in [0.15, 0.2) is 0 Å². The van der Waals surface area contributed by atoms with E-state index in [1.165, 1.54) is 32.1 Å². The third kappa shape index (κ3) is 4.22. The van der Waals surface area contributed by atoms with Gasteiger partial charge in [-0.05, 0) is 30.4 Å². The van der Waals surface area contributed by atoms with Crippen molar-refractivity contribution in [1.82, 2.24) is 0 Å². The first-order chi connectivity index (χ1) is 6.76. The van der Waals surface area contributed by atoms with Crippen molar-refractivity contribution < 1.29 is 4.74 Å². The van der Waals surface area contributed by atoms with E-state index in [1.54, 1.807) is 0 Å². The summed E-state index contributed by atoms with van der Waals surface area (Å²) in [5.74, 6) is 2.47. The second kappa shape index (κ2) is 6.73. The van der Waals surface area contributed by atoms with Crippen LogP contribution in [0.2, 0.25) is 0 Å². The van der Waals surface area contributed by atoms with E-state index in [1.807, 2.05) is 0 Å². The van der Waals surface area contributed by atoms with Gasteiger partial charge in [0.25, 0.3) is 0 Å². The molecule has 0 aromatic carbocycles. The maximum Gasteiger partial charge on any atom is 0.0577 e. The Bertz CT molecular complexity index is 145. The fourth-order valence-electron chi connectivity index (χ4n) is 2.10. The van der Waals surface area contributed by atoms with Gasteiger partial charge >= 0.3 is 0 Å². The van der Waals surface area contributed by atoms with Crippen LogP contribution in [-0.4, -0.2) is 18.5 Å². The van der Waals surface area contributed by atoms with Crippen LogP contribution in [0.25, 0.3) is 0 Å². The Labute approximate surface area is 94.0 Å². The van der Waals surface area contributed by atoms with Gasteiger partial charge in [-0.15, -0.1) is 0 Å². The Morgan fingerprint density at radius 2 is 2.21 bits per heavy atom. The van der Waals surface area contributed by atoms with Crippen molar-refractivity contribution in [3.63, 3.8) is 0 Å². The van der Waals surface area contributed by atoms with Gasteiger partial charge in [-0.3, -0.25) is 0 Å². The van der Waals surface area contributed by atoms with Crippen molar-refractivity contribution in [3.05, 3.63) is 0 Å². The van der Waals surface area contributed by atoms with Crippen molar-refractivity contribution in [2.45, 2.75) is 52.1 Å². The number of hydrogen-bond donors (Lipinski definition) is 1. The molecule has 0 saturated heterocycles. The van der Waals surface area contributed by atoms with Crippen LogP contribution in [0.4, 0.5) is 0 Å². The van der Waals surface area contributed by atoms with Crippen molar-refractivity contribution >= 4 is 12.6 Å². The number of hydrogen-bond acceptors (Lipinski definition) is 2. The van der Waals surface area contributed by atoms with Crippen LogP contribution in [0.15, 0.2) is 0 Å². The van der Waals surface area contributed by atoms with Crippen LogP contribution in [-0.2, 0) is 4.74 Å². The molecule has 3 atom stereocenters. The largest absolute Gasteiger partial charge is 0.378 e. The molecule has 0 amide bonds. The first-order valence-corrected chi connectivity index (χ1v) is 6.62. The molecule has 1 fully saturated rings. The molecule has 1 nitrogen and oxygen atoms in total. The highest BCUT2D eigenvalue weighted by Crippen LogP contribution is 2.26. The summed E-state index contributed by atoms with van der Waals surface area (Å²) in [6, 6.07) is 0. The molecule has 84 valence electrons. The fraction of sp³-hybridized carbons (Fsp3) is 1.00. The molecular formula is C12H24OS. The SMILES string of the molecule is CCC(CS)COC1CCCC(C)C1. The van der Waals surface area contributed by atoms with Crippen molar-refractivity contribution in [2.24, 2.45) is 11.8 Å². The van der Waals surface area contributed by atoms with Crippen LogP contribution in [0, 0.1) is 11.8 Å². The van der Waals surface area contributed by atoms with E-state index >= 15 is 0 Å². The van der Waals surface area contributed by atoms with Gasteiger partial charge < -0.3 is 4.74 Å². The predicted molar refractivity (Wildman–Crippen MR) is 65.0 cm³/mol. The molecule has 0 aliphatic heterocycles. The normalized spacial score (nSPS) is 30.2. The molecule has 1 aliphatic rings. The molecule has 1 aliphatic carbocycles. The maximum absolute atomic E-state index is 5.95. The summed E-state index contributed by atoms with van der Waals surface area (Å²) in [7, 11) is 0. The molecule has 0 bridgehead atoms. The van der Waals surface area contributed by atoms with E-state index in [4.69, 9.17) is 4.74 Å². The van der Waals surface area contributed by atoms with E-state index in [0.717, 1.165) is 18.3 Å². The lowest BCUT2D eigenvalue weighted by Gasteiger charge is -2.28. The Morgan fingerprint density at radius 3 is 2.79 bits per heavy atom. The number of thiol groups is 1. The third-order valence-electron chi connectivity index (χ3n) is 3.29. The van der Waals surface area contributed by atoms with Gasteiger partial charge in [-0.2, -0.15) is 12.6 Å². The zero-order chi connectivity index (χ0) is 10.4. The second-order valence-electron chi connectivity index (χ2n) is 4.68. The van der Waals surface area contributed by atoms with Crippen LogP contribution in [0.5, 0.6) is 0 Å². The number of rotatable bonds is 5. The molecule has 0 aromatic rings. The fourth-order valence-corrected chi connectivity index (χ4v) is 2.47. The van der Waals surface area contributed by atoms with Gasteiger partial charge in [-0.1, -0.05) is 33.1 Å². The zero-order valence-corrected chi connectivity index (χ0v) is 10.4. The Morgan fingerprint density at radius 1 is 1.43 bits per heavy atom. The predicted octanol–water partition coefficient (Wildman–Crippen LogP) is 3.54. The monoisotopic (exact) mass is 216 g/mol. The first-order valence-electron chi connectivity index (χ1n) is 5.98. The standard InChI is InChI=1S/C12H24OS/c1-3-11(9-14)8-13-12-6-4-5-10(2)7-12/h10-12,14H,3-9H2,1-2H3. The topological polar surface area (TPSA) is 9.23 Å². The minimum atomic E-state index is 0.535. The maximum atomic E-state index is 5.95. The summed E-state index contributed by atoms with van der Waals surface area (Å²) in [6.45, 7) is 5.47. The summed E-state index contributed by atoms with van der Waals surface area (Å²) in [6.07, 6.45) is 7.00. The molecule has 0 aromatic heterocycles. The average Bonchev–Trinajstić information content (AvgIpc) is 2.19. The van der Waals surface area contributed by atoms with Crippen LogP contribution in [0.3, 0.4) is 0 Å². The Balaban J connectivity index is 2.16. The first kappa shape index (κ1) is 12.4. The molecule has 3 unspecified atom stereocenters. The van der Waals surface area contributed by atoms with Crippen LogP contribution >= 0.6 is 12.6 Å². The molecule has 1 saturated carbocycles. The lowest BCUT2D eigenvalue weighted by atomic mass is 9.88. The highest BCUT2D eigenvalue weighted by atomic mass is 32.1. The van der Waals surface area contributed by atoms with Gasteiger partial charge in [0.05, 0.1) is 12.7 Å². The van der Waals surface area contributed by atoms with Gasteiger partial charge in [0, 0.05) is 0 Å². The van der Waals surface area contributed by atoms with E-state index in [-0.39, 0.29) is 0 Å². The molecule has 0 spiro atoms. The summed E-state index contributed by atoms with van der Waals surface area (Å²) in [4.78, 5) is 0. The molecule has 14 heavy (non-hydrogen) atoms. The summed E-state index contributed by atoms with van der Waals surface area (Å²) < 4.78 is 5.95. The summed E-state index contributed by atoms with van der Waals surface area (Å²) in [5, 5.41) is 0. The van der Waals surface area contributed by atoms with E-state index in [0.29, 0.717) is 12.0 Å².